The molecule has 1 aliphatic rings. The summed E-state index contributed by atoms with van der Waals surface area (Å²) in [6.45, 7) is 2.20. The smallest absolute Gasteiger partial charge is 0.310 e. The highest BCUT2D eigenvalue weighted by Crippen LogP contribution is 2.41. The molecule has 0 spiro atoms. The second kappa shape index (κ2) is 6.06. The predicted molar refractivity (Wildman–Crippen MR) is 84.7 cm³/mol. The Balaban J connectivity index is 0.00000161. The summed E-state index contributed by atoms with van der Waals surface area (Å²) in [7, 11) is 0. The zero-order valence-corrected chi connectivity index (χ0v) is 12.9. The molecule has 1 aliphatic carbocycles. The van der Waals surface area contributed by atoms with Gasteiger partial charge in [0.1, 0.15) is 5.82 Å². The first-order chi connectivity index (χ1) is 9.59. The topological polar surface area (TPSA) is 66.0 Å². The van der Waals surface area contributed by atoms with Crippen LogP contribution in [0.1, 0.15) is 38.4 Å². The second-order valence-corrected chi connectivity index (χ2v) is 6.15. The van der Waals surface area contributed by atoms with E-state index in [1.54, 1.807) is 0 Å². The van der Waals surface area contributed by atoms with Crippen molar-refractivity contribution in [1.82, 2.24) is 9.97 Å². The molecule has 1 heterocycles. The van der Waals surface area contributed by atoms with Crippen molar-refractivity contribution >= 4 is 29.4 Å². The van der Waals surface area contributed by atoms with Crippen LogP contribution in [0.25, 0.3) is 11.0 Å². The maximum Gasteiger partial charge on any atom is 0.310 e. The minimum Gasteiger partial charge on any atom is -0.481 e. The molecule has 0 atom stereocenters. The zero-order chi connectivity index (χ0) is 14.2. The molecule has 4 nitrogen and oxygen atoms in total. The molecule has 0 unspecified atom stereocenters. The van der Waals surface area contributed by atoms with Gasteiger partial charge < -0.3 is 10.1 Å². The van der Waals surface area contributed by atoms with Crippen LogP contribution in [-0.4, -0.2) is 21.0 Å². The third-order valence-corrected chi connectivity index (χ3v) is 4.63. The van der Waals surface area contributed by atoms with Gasteiger partial charge in [-0.05, 0) is 43.7 Å². The Hall–Kier alpha value is -1.55. The van der Waals surface area contributed by atoms with Crippen LogP contribution < -0.4 is 0 Å². The molecule has 5 heteroatoms. The zero-order valence-electron chi connectivity index (χ0n) is 12.1. The number of fused-ring (bicyclic) bond motifs is 1. The molecular weight excluding hydrogens is 288 g/mol. The Labute approximate surface area is 130 Å². The van der Waals surface area contributed by atoms with E-state index in [0.29, 0.717) is 12.3 Å². The minimum absolute atomic E-state index is 0. The number of rotatable bonds is 3. The van der Waals surface area contributed by atoms with Gasteiger partial charge in [-0.2, -0.15) is 0 Å². The van der Waals surface area contributed by atoms with Crippen LogP contribution >= 0.6 is 12.4 Å². The Bertz CT molecular complexity index is 597. The number of aliphatic carboxylic acids is 1. The minimum atomic E-state index is -0.676. The van der Waals surface area contributed by atoms with Crippen molar-refractivity contribution in [2.75, 3.05) is 0 Å². The number of carboxylic acid groups (broad SMARTS) is 1. The van der Waals surface area contributed by atoms with Gasteiger partial charge in [0.25, 0.3) is 0 Å². The standard InChI is InChI=1S/C16H20N2O2.ClH/c1-11-6-8-16(9-7-11,15(19)20)10-14-17-12-4-2-3-5-13(12)18-14;/h2-5,11H,6-10H2,1H3,(H,17,18)(H,19,20);1H. The SMILES string of the molecule is CC1CCC(Cc2nc3ccccc3[nH]2)(C(=O)O)CC1.Cl. The Morgan fingerprint density at radius 2 is 2.05 bits per heavy atom. The van der Waals surface area contributed by atoms with Crippen molar-refractivity contribution in [3.05, 3.63) is 30.1 Å². The van der Waals surface area contributed by atoms with Crippen LogP contribution in [0.15, 0.2) is 24.3 Å². The van der Waals surface area contributed by atoms with Crippen LogP contribution in [-0.2, 0) is 11.2 Å². The highest BCUT2D eigenvalue weighted by atomic mass is 35.5. The highest BCUT2D eigenvalue weighted by Gasteiger charge is 2.41. The van der Waals surface area contributed by atoms with Crippen molar-refractivity contribution in [1.29, 1.82) is 0 Å². The first-order valence-electron chi connectivity index (χ1n) is 7.26. The van der Waals surface area contributed by atoms with Gasteiger partial charge in [-0.25, -0.2) is 4.98 Å². The van der Waals surface area contributed by atoms with Crippen LogP contribution in [0, 0.1) is 11.3 Å². The van der Waals surface area contributed by atoms with Gasteiger partial charge in [0.15, 0.2) is 0 Å². The molecular formula is C16H21ClN2O2. The van der Waals surface area contributed by atoms with Gasteiger partial charge in [0, 0.05) is 6.42 Å². The van der Waals surface area contributed by atoms with Crippen LogP contribution in [0.4, 0.5) is 0 Å². The molecule has 0 aliphatic heterocycles. The lowest BCUT2D eigenvalue weighted by Crippen LogP contribution is -2.37. The van der Waals surface area contributed by atoms with Gasteiger partial charge in [0.05, 0.1) is 16.4 Å². The summed E-state index contributed by atoms with van der Waals surface area (Å²) in [5, 5.41) is 9.67. The first kappa shape index (κ1) is 15.8. The summed E-state index contributed by atoms with van der Waals surface area (Å²) in [6.07, 6.45) is 3.99. The monoisotopic (exact) mass is 308 g/mol. The number of hydrogen-bond donors (Lipinski definition) is 2. The third kappa shape index (κ3) is 3.05. The molecule has 2 N–H and O–H groups in total. The van der Waals surface area contributed by atoms with E-state index >= 15 is 0 Å². The Morgan fingerprint density at radius 3 is 2.67 bits per heavy atom. The lowest BCUT2D eigenvalue weighted by Gasteiger charge is -2.35. The highest BCUT2D eigenvalue weighted by molar-refractivity contribution is 5.85. The number of carboxylic acids is 1. The number of para-hydroxylation sites is 2. The summed E-state index contributed by atoms with van der Waals surface area (Å²) in [4.78, 5) is 19.6. The molecule has 2 aromatic rings. The maximum atomic E-state index is 11.8. The summed E-state index contributed by atoms with van der Waals surface area (Å²) in [5.41, 5.74) is 1.25. The van der Waals surface area contributed by atoms with E-state index in [2.05, 4.69) is 16.9 Å². The number of benzene rings is 1. The predicted octanol–water partition coefficient (Wildman–Crippen LogP) is 3.81. The lowest BCUT2D eigenvalue weighted by molar-refractivity contribution is -0.151. The summed E-state index contributed by atoms with van der Waals surface area (Å²) >= 11 is 0. The number of nitrogens with zero attached hydrogens (tertiary/aromatic N) is 1. The number of nitrogens with one attached hydrogen (secondary N) is 1. The number of H-pyrrole nitrogens is 1. The van der Waals surface area contributed by atoms with Crippen LogP contribution in [0.2, 0.25) is 0 Å². The largest absolute Gasteiger partial charge is 0.481 e. The fourth-order valence-electron chi connectivity index (χ4n) is 3.19. The van der Waals surface area contributed by atoms with E-state index in [1.807, 2.05) is 24.3 Å². The second-order valence-electron chi connectivity index (χ2n) is 6.15. The van der Waals surface area contributed by atoms with E-state index in [0.717, 1.165) is 42.5 Å². The normalized spacial score (nSPS) is 25.5. The number of halogens is 1. The molecule has 1 aromatic carbocycles. The number of hydrogen-bond acceptors (Lipinski definition) is 2. The third-order valence-electron chi connectivity index (χ3n) is 4.63. The quantitative estimate of drug-likeness (QED) is 0.906. The van der Waals surface area contributed by atoms with Crippen molar-refractivity contribution < 1.29 is 9.90 Å². The molecule has 0 bridgehead atoms. The fourth-order valence-corrected chi connectivity index (χ4v) is 3.19. The molecule has 114 valence electrons. The molecule has 3 rings (SSSR count). The van der Waals surface area contributed by atoms with Crippen molar-refractivity contribution in [2.45, 2.75) is 39.0 Å². The Morgan fingerprint density at radius 1 is 1.38 bits per heavy atom. The fraction of sp³-hybridized carbons (Fsp3) is 0.500. The number of aromatic nitrogens is 2. The molecule has 1 saturated carbocycles. The van der Waals surface area contributed by atoms with Gasteiger partial charge in [-0.3, -0.25) is 4.79 Å². The van der Waals surface area contributed by atoms with Crippen LogP contribution in [0.5, 0.6) is 0 Å². The average molecular weight is 309 g/mol. The molecule has 0 saturated heterocycles. The van der Waals surface area contributed by atoms with Gasteiger partial charge in [-0.15, -0.1) is 12.4 Å². The maximum absolute atomic E-state index is 11.8. The first-order valence-corrected chi connectivity index (χ1v) is 7.26. The van der Waals surface area contributed by atoms with E-state index in [9.17, 15) is 9.90 Å². The molecule has 1 fully saturated rings. The Kier molecular flexibility index (Phi) is 4.57. The van der Waals surface area contributed by atoms with Crippen molar-refractivity contribution in [3.8, 4) is 0 Å². The lowest BCUT2D eigenvalue weighted by atomic mass is 9.69. The number of aromatic amines is 1. The average Bonchev–Trinajstić information content (AvgIpc) is 2.83. The summed E-state index contributed by atoms with van der Waals surface area (Å²) in [5.74, 6) is 0.756. The van der Waals surface area contributed by atoms with Crippen molar-refractivity contribution in [2.24, 2.45) is 11.3 Å². The van der Waals surface area contributed by atoms with Gasteiger partial charge >= 0.3 is 5.97 Å². The van der Waals surface area contributed by atoms with Gasteiger partial charge in [0.2, 0.25) is 0 Å². The molecule has 0 amide bonds. The van der Waals surface area contributed by atoms with E-state index in [4.69, 9.17) is 0 Å². The summed E-state index contributed by atoms with van der Waals surface area (Å²) < 4.78 is 0. The van der Waals surface area contributed by atoms with Crippen molar-refractivity contribution in [3.63, 3.8) is 0 Å². The number of imidazole rings is 1. The summed E-state index contributed by atoms with van der Waals surface area (Å²) in [6, 6.07) is 7.83. The number of carbonyl (C=O) groups is 1. The van der Waals surface area contributed by atoms with Crippen LogP contribution in [0.3, 0.4) is 0 Å². The molecule has 21 heavy (non-hydrogen) atoms. The molecule has 1 aromatic heterocycles. The molecule has 0 radical (unpaired) electrons. The van der Waals surface area contributed by atoms with E-state index < -0.39 is 11.4 Å². The van der Waals surface area contributed by atoms with E-state index in [1.165, 1.54) is 0 Å². The van der Waals surface area contributed by atoms with Gasteiger partial charge in [-0.1, -0.05) is 19.1 Å². The van der Waals surface area contributed by atoms with E-state index in [-0.39, 0.29) is 12.4 Å².